The largest absolute Gasteiger partial charge is 0.493 e. The van der Waals surface area contributed by atoms with Gasteiger partial charge in [0.2, 0.25) is 11.8 Å². The second-order valence-electron chi connectivity index (χ2n) is 10.8. The van der Waals surface area contributed by atoms with E-state index >= 15 is 0 Å². The summed E-state index contributed by atoms with van der Waals surface area (Å²) >= 11 is 0. The summed E-state index contributed by atoms with van der Waals surface area (Å²) in [6.45, 7) is 10.7. The van der Waals surface area contributed by atoms with Crippen LogP contribution in [0.15, 0.2) is 18.2 Å². The van der Waals surface area contributed by atoms with Crippen LogP contribution in [0.3, 0.4) is 0 Å². The van der Waals surface area contributed by atoms with Crippen LogP contribution in [0, 0.1) is 5.92 Å². The van der Waals surface area contributed by atoms with Gasteiger partial charge in [0, 0.05) is 24.4 Å². The number of amides is 3. The lowest BCUT2D eigenvalue weighted by Gasteiger charge is -2.36. The van der Waals surface area contributed by atoms with E-state index in [1.54, 1.807) is 33.8 Å². The minimum atomic E-state index is -1.52. The van der Waals surface area contributed by atoms with Crippen LogP contribution in [0.4, 0.5) is 4.79 Å². The predicted octanol–water partition coefficient (Wildman–Crippen LogP) is 1.51. The number of ether oxygens (including phenoxy) is 2. The Morgan fingerprint density at radius 1 is 1.14 bits per heavy atom. The van der Waals surface area contributed by atoms with Crippen molar-refractivity contribution >= 4 is 23.9 Å². The Balaban J connectivity index is 2.03. The van der Waals surface area contributed by atoms with E-state index in [1.165, 1.54) is 6.92 Å². The van der Waals surface area contributed by atoms with Gasteiger partial charge in [0.1, 0.15) is 22.9 Å². The zero-order valence-corrected chi connectivity index (χ0v) is 22.5. The Kier molecular flexibility index (Phi) is 9.91. The summed E-state index contributed by atoms with van der Waals surface area (Å²) in [7, 11) is 0. The summed E-state index contributed by atoms with van der Waals surface area (Å²) in [5.41, 5.74) is 4.91. The molecule has 0 heterocycles. The molecule has 1 aromatic rings. The van der Waals surface area contributed by atoms with Crippen molar-refractivity contribution in [3.8, 4) is 5.75 Å². The van der Waals surface area contributed by atoms with E-state index in [9.17, 15) is 24.3 Å². The van der Waals surface area contributed by atoms with Crippen molar-refractivity contribution < 1.29 is 33.8 Å². The lowest BCUT2D eigenvalue weighted by Crippen LogP contribution is -2.58. The molecule has 3 amide bonds. The van der Waals surface area contributed by atoms with E-state index in [2.05, 4.69) is 16.0 Å². The van der Waals surface area contributed by atoms with Gasteiger partial charge in [-0.1, -0.05) is 19.1 Å². The van der Waals surface area contributed by atoms with Crippen molar-refractivity contribution in [2.75, 3.05) is 13.2 Å². The topological polar surface area (TPSA) is 169 Å². The van der Waals surface area contributed by atoms with Crippen LogP contribution in [-0.2, 0) is 32.0 Å². The number of aryl methyl sites for hydroxylation is 1. The summed E-state index contributed by atoms with van der Waals surface area (Å²) in [6, 6.07) is 4.09. The Morgan fingerprint density at radius 3 is 2.41 bits per heavy atom. The third-order valence-corrected chi connectivity index (χ3v) is 5.99. The summed E-state index contributed by atoms with van der Waals surface area (Å²) in [4.78, 5) is 48.7. The van der Waals surface area contributed by atoms with Gasteiger partial charge in [0.25, 0.3) is 0 Å². The Morgan fingerprint density at radius 2 is 1.81 bits per heavy atom. The number of nitrogens with two attached hydrogens (primary N) is 1. The molecule has 4 atom stereocenters. The van der Waals surface area contributed by atoms with Gasteiger partial charge in [-0.3, -0.25) is 9.59 Å². The standard InChI is InChI=1S/C26H40N4O7/c1-15(13-28-22(32)17(3)29-21(31)16(2)27)14-36-20-9-7-8-18-10-11-26(23(33)34,12-19(18)20)30-24(35)37-25(4,5)6/h7-9,15-17H,10-14,27H2,1-6H3,(H,28,32)(H,29,31)(H,30,35)(H,33,34)/t15-,16-,17-,26+/m0/s1. The van der Waals surface area contributed by atoms with Gasteiger partial charge in [-0.2, -0.15) is 0 Å². The van der Waals surface area contributed by atoms with Gasteiger partial charge in [0.05, 0.1) is 12.6 Å². The summed E-state index contributed by atoms with van der Waals surface area (Å²) in [5.74, 6) is -1.43. The van der Waals surface area contributed by atoms with Crippen LogP contribution in [0.5, 0.6) is 5.75 Å². The molecule has 206 valence electrons. The molecular formula is C26H40N4O7. The highest BCUT2D eigenvalue weighted by Crippen LogP contribution is 2.35. The van der Waals surface area contributed by atoms with Crippen LogP contribution in [-0.4, -0.2) is 65.4 Å². The first kappa shape index (κ1) is 29.9. The first-order chi connectivity index (χ1) is 17.1. The lowest BCUT2D eigenvalue weighted by atomic mass is 9.77. The molecule has 2 rings (SSSR count). The molecule has 0 saturated heterocycles. The highest BCUT2D eigenvalue weighted by molar-refractivity contribution is 5.89. The van der Waals surface area contributed by atoms with E-state index < -0.39 is 41.2 Å². The minimum absolute atomic E-state index is 0.0506. The summed E-state index contributed by atoms with van der Waals surface area (Å²) in [5, 5.41) is 17.9. The first-order valence-electron chi connectivity index (χ1n) is 12.5. The second kappa shape index (κ2) is 12.3. The molecule has 0 bridgehead atoms. The molecule has 1 aliphatic rings. The number of fused-ring (bicyclic) bond motifs is 1. The van der Waals surface area contributed by atoms with Crippen LogP contribution in [0.2, 0.25) is 0 Å². The number of carbonyl (C=O) groups is 4. The highest BCUT2D eigenvalue weighted by Gasteiger charge is 2.44. The van der Waals surface area contributed by atoms with E-state index in [0.29, 0.717) is 18.7 Å². The molecule has 1 aliphatic carbocycles. The molecule has 0 spiro atoms. The Labute approximate surface area is 217 Å². The van der Waals surface area contributed by atoms with Crippen LogP contribution in [0.25, 0.3) is 0 Å². The van der Waals surface area contributed by atoms with Crippen molar-refractivity contribution in [2.45, 2.75) is 84.0 Å². The average Bonchev–Trinajstić information content (AvgIpc) is 2.79. The molecule has 0 unspecified atom stereocenters. The molecule has 6 N–H and O–H groups in total. The second-order valence-corrected chi connectivity index (χ2v) is 10.8. The first-order valence-corrected chi connectivity index (χ1v) is 12.5. The van der Waals surface area contributed by atoms with Gasteiger partial charge in [-0.05, 0) is 59.1 Å². The highest BCUT2D eigenvalue weighted by atomic mass is 16.6. The number of hydrogen-bond donors (Lipinski definition) is 5. The molecule has 11 nitrogen and oxygen atoms in total. The fourth-order valence-corrected chi connectivity index (χ4v) is 3.89. The lowest BCUT2D eigenvalue weighted by molar-refractivity contribution is -0.145. The van der Waals surface area contributed by atoms with E-state index in [1.807, 2.05) is 19.1 Å². The van der Waals surface area contributed by atoms with E-state index in [0.717, 1.165) is 11.1 Å². The monoisotopic (exact) mass is 520 g/mol. The minimum Gasteiger partial charge on any atom is -0.493 e. The predicted molar refractivity (Wildman–Crippen MR) is 137 cm³/mol. The number of nitrogens with one attached hydrogen (secondary N) is 3. The number of alkyl carbamates (subject to hydrolysis) is 1. The van der Waals surface area contributed by atoms with Gasteiger partial charge in [-0.25, -0.2) is 9.59 Å². The fraction of sp³-hybridized carbons (Fsp3) is 0.615. The molecule has 0 saturated carbocycles. The molecule has 0 fully saturated rings. The Bertz CT molecular complexity index is 1010. The maximum Gasteiger partial charge on any atom is 0.408 e. The number of benzene rings is 1. The third-order valence-electron chi connectivity index (χ3n) is 5.99. The summed E-state index contributed by atoms with van der Waals surface area (Å²) < 4.78 is 11.3. The number of hydrogen-bond acceptors (Lipinski definition) is 7. The number of carboxylic acid groups (broad SMARTS) is 1. The Hall–Kier alpha value is -3.34. The number of rotatable bonds is 10. The van der Waals surface area contributed by atoms with Gasteiger partial charge < -0.3 is 36.3 Å². The molecule has 0 aliphatic heterocycles. The normalized spacial score (nSPS) is 19.4. The van der Waals surface area contributed by atoms with E-state index in [4.69, 9.17) is 15.2 Å². The van der Waals surface area contributed by atoms with Crippen molar-refractivity contribution in [1.82, 2.24) is 16.0 Å². The number of aliphatic carboxylic acids is 1. The molecule has 0 aromatic heterocycles. The number of carbonyl (C=O) groups excluding carboxylic acids is 3. The van der Waals surface area contributed by atoms with Gasteiger partial charge >= 0.3 is 12.1 Å². The summed E-state index contributed by atoms with van der Waals surface area (Å²) in [6.07, 6.45) is -0.0642. The van der Waals surface area contributed by atoms with Crippen molar-refractivity contribution in [3.63, 3.8) is 0 Å². The quantitative estimate of drug-likeness (QED) is 0.309. The fourth-order valence-electron chi connectivity index (χ4n) is 3.89. The van der Waals surface area contributed by atoms with Crippen molar-refractivity contribution in [3.05, 3.63) is 29.3 Å². The average molecular weight is 521 g/mol. The maximum absolute atomic E-state index is 12.4. The third kappa shape index (κ3) is 8.63. The molecule has 0 radical (unpaired) electrons. The van der Waals surface area contributed by atoms with Crippen LogP contribution in [0.1, 0.15) is 59.1 Å². The maximum atomic E-state index is 12.4. The van der Waals surface area contributed by atoms with E-state index in [-0.39, 0.29) is 31.3 Å². The zero-order chi connectivity index (χ0) is 28.0. The number of carboxylic acids is 1. The van der Waals surface area contributed by atoms with Gasteiger partial charge in [0.15, 0.2) is 0 Å². The molecule has 1 aromatic carbocycles. The SMILES string of the molecule is C[C@@H](CNC(=O)[C@H](C)NC(=O)[C@H](C)N)COc1cccc2c1C[C@@](NC(=O)OC(C)(C)C)(C(=O)O)CC2. The van der Waals surface area contributed by atoms with Crippen molar-refractivity contribution in [1.29, 1.82) is 0 Å². The van der Waals surface area contributed by atoms with Crippen molar-refractivity contribution in [2.24, 2.45) is 11.7 Å². The smallest absolute Gasteiger partial charge is 0.408 e. The zero-order valence-electron chi connectivity index (χ0n) is 22.5. The van der Waals surface area contributed by atoms with Crippen LogP contribution >= 0.6 is 0 Å². The molecule has 11 heteroatoms. The molecule has 37 heavy (non-hydrogen) atoms. The van der Waals surface area contributed by atoms with Crippen LogP contribution < -0.4 is 26.4 Å². The van der Waals surface area contributed by atoms with Gasteiger partial charge in [-0.15, -0.1) is 0 Å². The molecular weight excluding hydrogens is 480 g/mol.